The van der Waals surface area contributed by atoms with Gasteiger partial charge in [0.25, 0.3) is 0 Å². The third-order valence-electron chi connectivity index (χ3n) is 3.72. The van der Waals surface area contributed by atoms with Gasteiger partial charge in [0.1, 0.15) is 10.7 Å². The van der Waals surface area contributed by atoms with Crippen molar-refractivity contribution in [2.75, 3.05) is 7.11 Å². The fourth-order valence-corrected chi connectivity index (χ4v) is 3.42. The number of ether oxygens (including phenoxy) is 1. The van der Waals surface area contributed by atoms with E-state index in [2.05, 4.69) is 15.0 Å². The smallest absolute Gasteiger partial charge is 0.348 e. The third-order valence-corrected chi connectivity index (χ3v) is 4.83. The maximum Gasteiger partial charge on any atom is 0.348 e. The molecular weight excluding hydrogens is 322 g/mol. The minimum atomic E-state index is -0.307. The second kappa shape index (κ2) is 5.90. The van der Waals surface area contributed by atoms with E-state index in [0.717, 1.165) is 32.9 Å². The summed E-state index contributed by atoms with van der Waals surface area (Å²) in [7, 11) is 1.39. The Bertz CT molecular complexity index is 985. The summed E-state index contributed by atoms with van der Waals surface area (Å²) in [5.41, 5.74) is 3.86. The minimum absolute atomic E-state index is 0.307. The molecule has 0 aliphatic heterocycles. The van der Waals surface area contributed by atoms with Crippen molar-refractivity contribution in [3.8, 4) is 21.8 Å². The van der Waals surface area contributed by atoms with E-state index in [4.69, 9.17) is 4.74 Å². The second-order valence-electron chi connectivity index (χ2n) is 5.21. The van der Waals surface area contributed by atoms with Crippen molar-refractivity contribution in [2.45, 2.75) is 0 Å². The molecule has 0 aliphatic rings. The van der Waals surface area contributed by atoms with Gasteiger partial charge in [0.2, 0.25) is 0 Å². The second-order valence-corrected chi connectivity index (χ2v) is 6.29. The highest BCUT2D eigenvalue weighted by Crippen LogP contribution is 2.30. The lowest BCUT2D eigenvalue weighted by Crippen LogP contribution is -1.96. The van der Waals surface area contributed by atoms with E-state index in [1.165, 1.54) is 18.4 Å². The predicted octanol–water partition coefficient (Wildman–Crippen LogP) is 4.14. The van der Waals surface area contributed by atoms with Gasteiger partial charge in [-0.15, -0.1) is 11.3 Å². The van der Waals surface area contributed by atoms with Crippen LogP contribution in [0.1, 0.15) is 9.67 Å². The summed E-state index contributed by atoms with van der Waals surface area (Å²) in [5, 5.41) is 0. The summed E-state index contributed by atoms with van der Waals surface area (Å²) in [6.07, 6.45) is 3.49. The van der Waals surface area contributed by atoms with Crippen LogP contribution < -0.4 is 0 Å². The van der Waals surface area contributed by atoms with Crippen molar-refractivity contribution in [1.82, 2.24) is 15.0 Å². The number of nitrogens with zero attached hydrogens (tertiary/aromatic N) is 2. The van der Waals surface area contributed by atoms with Crippen molar-refractivity contribution < 1.29 is 9.53 Å². The first kappa shape index (κ1) is 14.6. The van der Waals surface area contributed by atoms with E-state index in [-0.39, 0.29) is 5.97 Å². The van der Waals surface area contributed by atoms with Crippen LogP contribution in [0.2, 0.25) is 0 Å². The molecule has 24 heavy (non-hydrogen) atoms. The first-order valence-electron chi connectivity index (χ1n) is 7.33. The molecule has 0 saturated heterocycles. The van der Waals surface area contributed by atoms with Crippen LogP contribution in [0.3, 0.4) is 0 Å². The molecule has 0 aliphatic carbocycles. The van der Waals surface area contributed by atoms with Crippen LogP contribution in [0.15, 0.2) is 54.9 Å². The van der Waals surface area contributed by atoms with Gasteiger partial charge in [-0.2, -0.15) is 0 Å². The van der Waals surface area contributed by atoms with Crippen molar-refractivity contribution in [1.29, 1.82) is 0 Å². The zero-order valence-corrected chi connectivity index (χ0v) is 13.6. The highest BCUT2D eigenvalue weighted by Gasteiger charge is 2.11. The van der Waals surface area contributed by atoms with Crippen molar-refractivity contribution in [2.24, 2.45) is 0 Å². The molecule has 6 heteroatoms. The lowest BCUT2D eigenvalue weighted by Gasteiger charge is -2.00. The first-order chi connectivity index (χ1) is 11.7. The number of aromatic amines is 1. The topological polar surface area (TPSA) is 67.9 Å². The molecule has 0 unspecified atom stereocenters. The first-order valence-corrected chi connectivity index (χ1v) is 8.15. The molecule has 0 saturated carbocycles. The summed E-state index contributed by atoms with van der Waals surface area (Å²) in [5.74, 6) is 0.504. The lowest BCUT2D eigenvalue weighted by molar-refractivity contribution is 0.0606. The predicted molar refractivity (Wildman–Crippen MR) is 94.0 cm³/mol. The molecule has 4 aromatic rings. The minimum Gasteiger partial charge on any atom is -0.465 e. The van der Waals surface area contributed by atoms with E-state index in [9.17, 15) is 4.79 Å². The molecule has 0 fully saturated rings. The molecule has 0 spiro atoms. The summed E-state index contributed by atoms with van der Waals surface area (Å²) in [6.45, 7) is 0. The van der Waals surface area contributed by atoms with Crippen LogP contribution in [0.5, 0.6) is 0 Å². The highest BCUT2D eigenvalue weighted by molar-refractivity contribution is 7.17. The quantitative estimate of drug-likeness (QED) is 0.571. The molecule has 5 nitrogen and oxygen atoms in total. The Morgan fingerprint density at radius 1 is 1.08 bits per heavy atom. The number of aromatic nitrogens is 3. The molecule has 4 rings (SSSR count). The summed E-state index contributed by atoms with van der Waals surface area (Å²) in [4.78, 5) is 25.1. The van der Waals surface area contributed by atoms with Crippen molar-refractivity contribution in [3.05, 3.63) is 59.7 Å². The van der Waals surface area contributed by atoms with E-state index in [1.54, 1.807) is 18.5 Å². The molecule has 118 valence electrons. The number of carbonyl (C=O) groups is 1. The Balaban J connectivity index is 1.64. The molecule has 1 N–H and O–H groups in total. The standard InChI is InChI=1S/C18H13N3O2S/c1-23-18(22)16-7-6-15(24-16)11-2-4-12(5-3-11)17-20-13-8-9-19-10-14(13)21-17/h2-10H,1H3,(H,20,21). The average Bonchev–Trinajstić information content (AvgIpc) is 3.28. The zero-order valence-electron chi connectivity index (χ0n) is 12.8. The van der Waals surface area contributed by atoms with Gasteiger partial charge in [-0.05, 0) is 23.8 Å². The van der Waals surface area contributed by atoms with Gasteiger partial charge in [-0.25, -0.2) is 9.78 Å². The largest absolute Gasteiger partial charge is 0.465 e. The number of pyridine rings is 1. The van der Waals surface area contributed by atoms with Crippen LogP contribution in [0, 0.1) is 0 Å². The summed E-state index contributed by atoms with van der Waals surface area (Å²) < 4.78 is 4.75. The molecule has 0 atom stereocenters. The number of hydrogen-bond acceptors (Lipinski definition) is 5. The van der Waals surface area contributed by atoms with E-state index < -0.39 is 0 Å². The molecule has 1 aromatic carbocycles. The summed E-state index contributed by atoms with van der Waals surface area (Å²) >= 11 is 1.42. The number of esters is 1. The number of imidazole rings is 1. The number of carbonyl (C=O) groups excluding carboxylic acids is 1. The van der Waals surface area contributed by atoms with Gasteiger partial charge in [0.15, 0.2) is 0 Å². The number of benzene rings is 1. The van der Waals surface area contributed by atoms with Crippen LogP contribution in [0.25, 0.3) is 32.9 Å². The van der Waals surface area contributed by atoms with Crippen molar-refractivity contribution in [3.63, 3.8) is 0 Å². The number of fused-ring (bicyclic) bond motifs is 1. The average molecular weight is 335 g/mol. The van der Waals surface area contributed by atoms with Gasteiger partial charge < -0.3 is 9.72 Å². The lowest BCUT2D eigenvalue weighted by atomic mass is 10.1. The number of thiophene rings is 1. The molecule has 3 heterocycles. The molecular formula is C18H13N3O2S. The Kier molecular flexibility index (Phi) is 3.59. The van der Waals surface area contributed by atoms with Gasteiger partial charge in [-0.1, -0.05) is 24.3 Å². The third kappa shape index (κ3) is 2.57. The maximum atomic E-state index is 11.6. The van der Waals surface area contributed by atoms with E-state index in [0.29, 0.717) is 4.88 Å². The van der Waals surface area contributed by atoms with Crippen LogP contribution in [-0.2, 0) is 4.74 Å². The zero-order chi connectivity index (χ0) is 16.5. The number of hydrogen-bond donors (Lipinski definition) is 1. The SMILES string of the molecule is COC(=O)c1ccc(-c2ccc(-c3nc4ccncc4[nH]3)cc2)s1. The fourth-order valence-electron chi connectivity index (χ4n) is 2.49. The molecule has 0 bridgehead atoms. The van der Waals surface area contributed by atoms with Crippen LogP contribution >= 0.6 is 11.3 Å². The Morgan fingerprint density at radius 2 is 1.88 bits per heavy atom. The Morgan fingerprint density at radius 3 is 2.62 bits per heavy atom. The number of rotatable bonds is 3. The maximum absolute atomic E-state index is 11.6. The van der Waals surface area contributed by atoms with Crippen LogP contribution in [-0.4, -0.2) is 28.0 Å². The monoisotopic (exact) mass is 335 g/mol. The molecule has 0 amide bonds. The number of H-pyrrole nitrogens is 1. The van der Waals surface area contributed by atoms with Crippen LogP contribution in [0.4, 0.5) is 0 Å². The number of nitrogens with one attached hydrogen (secondary N) is 1. The van der Waals surface area contributed by atoms with Gasteiger partial charge in [-0.3, -0.25) is 4.98 Å². The van der Waals surface area contributed by atoms with Gasteiger partial charge in [0, 0.05) is 16.6 Å². The summed E-state index contributed by atoms with van der Waals surface area (Å²) in [6, 6.07) is 13.7. The van der Waals surface area contributed by atoms with E-state index >= 15 is 0 Å². The van der Waals surface area contributed by atoms with E-state index in [1.807, 2.05) is 36.4 Å². The van der Waals surface area contributed by atoms with Gasteiger partial charge >= 0.3 is 5.97 Å². The normalized spacial score (nSPS) is 10.9. The van der Waals surface area contributed by atoms with Gasteiger partial charge in [0.05, 0.1) is 24.3 Å². The van der Waals surface area contributed by atoms with Crippen molar-refractivity contribution >= 4 is 28.3 Å². The fraction of sp³-hybridized carbons (Fsp3) is 0.0556. The number of methoxy groups -OCH3 is 1. The Hall–Kier alpha value is -2.99. The highest BCUT2D eigenvalue weighted by atomic mass is 32.1. The Labute approximate surface area is 142 Å². The molecule has 3 aromatic heterocycles. The molecule has 0 radical (unpaired) electrons.